The van der Waals surface area contributed by atoms with E-state index in [9.17, 15) is 13.2 Å². The van der Waals surface area contributed by atoms with Crippen molar-refractivity contribution >= 4 is 27.5 Å². The van der Waals surface area contributed by atoms with Crippen LogP contribution in [0.3, 0.4) is 0 Å². The minimum Gasteiger partial charge on any atom is -0.370 e. The van der Waals surface area contributed by atoms with Crippen LogP contribution in [0.15, 0.2) is 0 Å². The molecule has 0 atom stereocenters. The van der Waals surface area contributed by atoms with Crippen LogP contribution < -0.4 is 10.5 Å². The van der Waals surface area contributed by atoms with E-state index in [1.807, 2.05) is 0 Å². The average molecular weight is 259 g/mol. The molecule has 3 N–H and O–H groups in total. The number of primary amides is 1. The summed E-state index contributed by atoms with van der Waals surface area (Å²) in [5.74, 6) is -0.286. The maximum Gasteiger partial charge on any atom is 0.243 e. The maximum absolute atomic E-state index is 11.2. The quantitative estimate of drug-likeness (QED) is 0.411. The van der Waals surface area contributed by atoms with E-state index in [4.69, 9.17) is 22.1 Å². The largest absolute Gasteiger partial charge is 0.370 e. The van der Waals surface area contributed by atoms with E-state index in [1.165, 1.54) is 0 Å². The Kier molecular flexibility index (Phi) is 7.67. The molecule has 0 unspecified atom stereocenters. The van der Waals surface area contributed by atoms with Gasteiger partial charge < -0.3 is 10.5 Å². The van der Waals surface area contributed by atoms with Gasteiger partial charge in [0.2, 0.25) is 15.9 Å². The number of nitrogens with two attached hydrogens (primary N) is 1. The van der Waals surface area contributed by atoms with Crippen molar-refractivity contribution in [3.8, 4) is 0 Å². The Morgan fingerprint density at radius 1 is 1.47 bits per heavy atom. The van der Waals surface area contributed by atoms with Gasteiger partial charge in [-0.15, -0.1) is 11.6 Å². The van der Waals surface area contributed by atoms with Crippen molar-refractivity contribution in [1.29, 1.82) is 0 Å². The molecule has 0 saturated carbocycles. The number of carbonyl (C=O) groups excluding carboxylic acids is 1. The third-order valence-corrected chi connectivity index (χ3v) is 3.10. The number of nitrogens with one attached hydrogen (secondary N) is 1. The molecule has 0 aliphatic carbocycles. The molecular weight excluding hydrogens is 244 g/mol. The second kappa shape index (κ2) is 7.86. The fraction of sp³-hybridized carbons (Fsp3) is 0.857. The number of ether oxygens (including phenoxy) is 1. The minimum atomic E-state index is -3.28. The number of alkyl halides is 1. The highest BCUT2D eigenvalue weighted by Crippen LogP contribution is 1.91. The highest BCUT2D eigenvalue weighted by molar-refractivity contribution is 7.89. The Balaban J connectivity index is 3.53. The lowest BCUT2D eigenvalue weighted by Crippen LogP contribution is -2.30. The standard InChI is InChI=1S/C7H15ClN2O4S/c8-2-1-5-15(12,13)10-3-4-14-6-7(9)11/h10H,1-6H2,(H2,9,11). The minimum absolute atomic E-state index is 0.00762. The van der Waals surface area contributed by atoms with Crippen molar-refractivity contribution < 1.29 is 17.9 Å². The predicted octanol–water partition coefficient (Wildman–Crippen LogP) is -0.963. The van der Waals surface area contributed by atoms with Crippen LogP contribution in [0.2, 0.25) is 0 Å². The van der Waals surface area contributed by atoms with E-state index in [1.54, 1.807) is 0 Å². The van der Waals surface area contributed by atoms with Crippen LogP contribution in [-0.4, -0.2) is 45.7 Å². The Hall–Kier alpha value is -0.370. The zero-order valence-corrected chi connectivity index (χ0v) is 9.81. The Morgan fingerprint density at radius 3 is 2.67 bits per heavy atom. The van der Waals surface area contributed by atoms with Gasteiger partial charge in [-0.1, -0.05) is 0 Å². The van der Waals surface area contributed by atoms with Gasteiger partial charge in [-0.25, -0.2) is 13.1 Å². The lowest BCUT2D eigenvalue weighted by molar-refractivity contribution is -0.122. The number of rotatable bonds is 9. The Labute approximate surface area is 94.2 Å². The molecular formula is C7H15ClN2O4S. The molecule has 6 nitrogen and oxygen atoms in total. The van der Waals surface area contributed by atoms with Crippen molar-refractivity contribution in [2.75, 3.05) is 31.4 Å². The van der Waals surface area contributed by atoms with Gasteiger partial charge in [0.25, 0.3) is 0 Å². The van der Waals surface area contributed by atoms with Crippen molar-refractivity contribution in [1.82, 2.24) is 4.72 Å². The normalized spacial score (nSPS) is 11.5. The topological polar surface area (TPSA) is 98.5 Å². The predicted molar refractivity (Wildman–Crippen MR) is 57.1 cm³/mol. The Morgan fingerprint density at radius 2 is 2.13 bits per heavy atom. The average Bonchev–Trinajstić information content (AvgIpc) is 2.14. The fourth-order valence-corrected chi connectivity index (χ4v) is 2.11. The van der Waals surface area contributed by atoms with Crippen molar-refractivity contribution in [2.45, 2.75) is 6.42 Å². The van der Waals surface area contributed by atoms with Gasteiger partial charge >= 0.3 is 0 Å². The van der Waals surface area contributed by atoms with Crippen molar-refractivity contribution in [3.05, 3.63) is 0 Å². The molecule has 8 heteroatoms. The van der Waals surface area contributed by atoms with Crippen LogP contribution in [0.25, 0.3) is 0 Å². The van der Waals surface area contributed by atoms with E-state index in [0.29, 0.717) is 12.3 Å². The molecule has 0 rings (SSSR count). The van der Waals surface area contributed by atoms with Gasteiger partial charge in [0.05, 0.1) is 12.4 Å². The molecule has 0 fully saturated rings. The molecule has 0 aromatic carbocycles. The second-order valence-electron chi connectivity index (χ2n) is 2.77. The smallest absolute Gasteiger partial charge is 0.243 e. The number of halogens is 1. The van der Waals surface area contributed by atoms with Crippen molar-refractivity contribution in [2.24, 2.45) is 5.73 Å². The third kappa shape index (κ3) is 9.92. The van der Waals surface area contributed by atoms with Gasteiger partial charge in [-0.05, 0) is 6.42 Å². The van der Waals surface area contributed by atoms with Crippen LogP contribution in [0.4, 0.5) is 0 Å². The maximum atomic E-state index is 11.2. The van der Waals surface area contributed by atoms with Gasteiger partial charge in [0, 0.05) is 12.4 Å². The summed E-state index contributed by atoms with van der Waals surface area (Å²) in [7, 11) is -3.28. The SMILES string of the molecule is NC(=O)COCCNS(=O)(=O)CCCCl. The molecule has 90 valence electrons. The van der Waals surface area contributed by atoms with E-state index >= 15 is 0 Å². The monoisotopic (exact) mass is 258 g/mol. The summed E-state index contributed by atoms with van der Waals surface area (Å²) in [6, 6.07) is 0. The number of hydrogen-bond acceptors (Lipinski definition) is 4. The summed E-state index contributed by atoms with van der Waals surface area (Å²) in [6.45, 7) is 0.0321. The lowest BCUT2D eigenvalue weighted by atomic mass is 10.6. The highest BCUT2D eigenvalue weighted by Gasteiger charge is 2.08. The van der Waals surface area contributed by atoms with E-state index in [0.717, 1.165) is 0 Å². The van der Waals surface area contributed by atoms with Crippen LogP contribution in [0.1, 0.15) is 6.42 Å². The number of hydrogen-bond donors (Lipinski definition) is 2. The summed E-state index contributed by atoms with van der Waals surface area (Å²) in [6.07, 6.45) is 0.402. The molecule has 0 aromatic rings. The summed E-state index contributed by atoms with van der Waals surface area (Å²) in [4.78, 5) is 10.2. The fourth-order valence-electron chi connectivity index (χ4n) is 0.759. The number of carbonyl (C=O) groups is 1. The van der Waals surface area contributed by atoms with Gasteiger partial charge in [0.15, 0.2) is 0 Å². The molecule has 0 radical (unpaired) electrons. The molecule has 0 heterocycles. The van der Waals surface area contributed by atoms with E-state index in [2.05, 4.69) is 4.72 Å². The zero-order valence-electron chi connectivity index (χ0n) is 8.24. The summed E-state index contributed by atoms with van der Waals surface area (Å²) in [5.41, 5.74) is 4.81. The highest BCUT2D eigenvalue weighted by atomic mass is 35.5. The molecule has 0 saturated heterocycles. The number of amides is 1. The third-order valence-electron chi connectivity index (χ3n) is 1.36. The lowest BCUT2D eigenvalue weighted by Gasteiger charge is -2.05. The second-order valence-corrected chi connectivity index (χ2v) is 5.08. The van der Waals surface area contributed by atoms with Gasteiger partial charge in [-0.2, -0.15) is 0 Å². The van der Waals surface area contributed by atoms with E-state index in [-0.39, 0.29) is 25.5 Å². The van der Waals surface area contributed by atoms with Crippen LogP contribution in [-0.2, 0) is 19.6 Å². The Bertz CT molecular complexity index is 281. The first kappa shape index (κ1) is 14.6. The molecule has 0 aliphatic rings. The van der Waals surface area contributed by atoms with Crippen LogP contribution in [0.5, 0.6) is 0 Å². The van der Waals surface area contributed by atoms with Gasteiger partial charge in [-0.3, -0.25) is 4.79 Å². The molecule has 0 aromatic heterocycles. The number of sulfonamides is 1. The van der Waals surface area contributed by atoms with E-state index < -0.39 is 15.9 Å². The summed E-state index contributed by atoms with van der Waals surface area (Å²) < 4.78 is 29.4. The first-order chi connectivity index (χ1) is 6.98. The van der Waals surface area contributed by atoms with Gasteiger partial charge in [0.1, 0.15) is 6.61 Å². The molecule has 0 bridgehead atoms. The van der Waals surface area contributed by atoms with Crippen LogP contribution in [0, 0.1) is 0 Å². The first-order valence-electron chi connectivity index (χ1n) is 4.37. The summed E-state index contributed by atoms with van der Waals surface area (Å²) >= 11 is 5.36. The zero-order chi connectivity index (χ0) is 11.7. The molecule has 0 spiro atoms. The molecule has 0 aliphatic heterocycles. The first-order valence-corrected chi connectivity index (χ1v) is 6.56. The molecule has 15 heavy (non-hydrogen) atoms. The van der Waals surface area contributed by atoms with Crippen LogP contribution >= 0.6 is 11.6 Å². The summed E-state index contributed by atoms with van der Waals surface area (Å²) in [5, 5.41) is 0. The van der Waals surface area contributed by atoms with Crippen molar-refractivity contribution in [3.63, 3.8) is 0 Å². The molecule has 1 amide bonds.